The molecule has 0 aromatic heterocycles. The SMILES string of the molecule is CCOc1ccc(NC(=O)CC2SC(=S)NC2=O)cc1. The topological polar surface area (TPSA) is 67.4 Å². The van der Waals surface area contributed by atoms with Crippen LogP contribution in [0.15, 0.2) is 24.3 Å². The number of carbonyl (C=O) groups is 2. The molecule has 2 N–H and O–H groups in total. The zero-order valence-electron chi connectivity index (χ0n) is 10.8. The molecule has 1 aromatic carbocycles. The maximum absolute atomic E-state index is 11.9. The number of rotatable bonds is 5. The van der Waals surface area contributed by atoms with E-state index in [-0.39, 0.29) is 18.2 Å². The highest BCUT2D eigenvalue weighted by Crippen LogP contribution is 2.23. The van der Waals surface area contributed by atoms with Crippen LogP contribution in [0.1, 0.15) is 13.3 Å². The van der Waals surface area contributed by atoms with Gasteiger partial charge in [-0.1, -0.05) is 24.0 Å². The van der Waals surface area contributed by atoms with Crippen LogP contribution in [-0.4, -0.2) is 28.0 Å². The lowest BCUT2D eigenvalue weighted by Gasteiger charge is -2.08. The highest BCUT2D eigenvalue weighted by Gasteiger charge is 2.30. The Labute approximate surface area is 126 Å². The molecule has 106 valence electrons. The molecule has 0 aliphatic carbocycles. The molecule has 20 heavy (non-hydrogen) atoms. The maximum atomic E-state index is 11.9. The van der Waals surface area contributed by atoms with Crippen molar-refractivity contribution < 1.29 is 14.3 Å². The molecule has 2 amide bonds. The van der Waals surface area contributed by atoms with Gasteiger partial charge in [-0.15, -0.1) is 0 Å². The zero-order valence-corrected chi connectivity index (χ0v) is 12.5. The molecule has 1 aromatic rings. The molecule has 0 spiro atoms. The molecule has 1 fully saturated rings. The first-order chi connectivity index (χ1) is 9.58. The number of carbonyl (C=O) groups excluding carboxylic acids is 2. The van der Waals surface area contributed by atoms with Crippen LogP contribution in [0.3, 0.4) is 0 Å². The lowest BCUT2D eigenvalue weighted by Crippen LogP contribution is -2.27. The van der Waals surface area contributed by atoms with Gasteiger partial charge < -0.3 is 15.4 Å². The fourth-order valence-electron chi connectivity index (χ4n) is 1.71. The summed E-state index contributed by atoms with van der Waals surface area (Å²) in [7, 11) is 0. The van der Waals surface area contributed by atoms with Gasteiger partial charge in [0.25, 0.3) is 0 Å². The van der Waals surface area contributed by atoms with Crippen molar-refractivity contribution in [3.63, 3.8) is 0 Å². The third-order valence-electron chi connectivity index (χ3n) is 2.59. The summed E-state index contributed by atoms with van der Waals surface area (Å²) in [6, 6.07) is 7.08. The number of ether oxygens (including phenoxy) is 1. The van der Waals surface area contributed by atoms with Crippen molar-refractivity contribution in [2.75, 3.05) is 11.9 Å². The third-order valence-corrected chi connectivity index (χ3v) is 3.96. The van der Waals surface area contributed by atoms with Gasteiger partial charge in [0.05, 0.1) is 11.9 Å². The summed E-state index contributed by atoms with van der Waals surface area (Å²) < 4.78 is 5.74. The van der Waals surface area contributed by atoms with Gasteiger partial charge in [-0.3, -0.25) is 9.59 Å². The lowest BCUT2D eigenvalue weighted by molar-refractivity contribution is -0.122. The average molecular weight is 310 g/mol. The van der Waals surface area contributed by atoms with Gasteiger partial charge in [0.15, 0.2) is 0 Å². The number of amides is 2. The van der Waals surface area contributed by atoms with E-state index in [1.165, 1.54) is 11.8 Å². The van der Waals surface area contributed by atoms with Crippen LogP contribution in [0.5, 0.6) is 5.75 Å². The molecule has 0 radical (unpaired) electrons. The summed E-state index contributed by atoms with van der Waals surface area (Å²) >= 11 is 6.09. The van der Waals surface area contributed by atoms with E-state index in [9.17, 15) is 9.59 Å². The first-order valence-electron chi connectivity index (χ1n) is 6.12. The monoisotopic (exact) mass is 310 g/mol. The minimum absolute atomic E-state index is 0.101. The summed E-state index contributed by atoms with van der Waals surface area (Å²) in [6.45, 7) is 2.50. The van der Waals surface area contributed by atoms with E-state index in [0.717, 1.165) is 5.75 Å². The molecule has 2 rings (SSSR count). The first kappa shape index (κ1) is 14.8. The van der Waals surface area contributed by atoms with Crippen LogP contribution in [0, 0.1) is 0 Å². The van der Waals surface area contributed by atoms with E-state index in [1.54, 1.807) is 24.3 Å². The number of benzene rings is 1. The van der Waals surface area contributed by atoms with Crippen LogP contribution in [0.25, 0.3) is 0 Å². The Balaban J connectivity index is 1.88. The summed E-state index contributed by atoms with van der Waals surface area (Å²) in [5, 5.41) is 4.82. The number of thioether (sulfide) groups is 1. The molecular weight excluding hydrogens is 296 g/mol. The zero-order chi connectivity index (χ0) is 14.5. The third kappa shape index (κ3) is 3.94. The quantitative estimate of drug-likeness (QED) is 0.814. The van der Waals surface area contributed by atoms with Crippen molar-refractivity contribution >= 4 is 45.8 Å². The molecule has 0 saturated carbocycles. The van der Waals surface area contributed by atoms with E-state index >= 15 is 0 Å². The number of nitrogens with one attached hydrogen (secondary N) is 2. The molecule has 1 unspecified atom stereocenters. The Kier molecular flexibility index (Phi) is 4.97. The fourth-order valence-corrected chi connectivity index (χ4v) is 2.98. The summed E-state index contributed by atoms with van der Waals surface area (Å²) in [6.07, 6.45) is 0.101. The predicted molar refractivity (Wildman–Crippen MR) is 83.0 cm³/mol. The minimum atomic E-state index is -0.440. The molecule has 5 nitrogen and oxygen atoms in total. The largest absolute Gasteiger partial charge is 0.494 e. The van der Waals surface area contributed by atoms with Gasteiger partial charge in [-0.2, -0.15) is 0 Å². The highest BCUT2D eigenvalue weighted by molar-refractivity contribution is 8.24. The molecule has 7 heteroatoms. The van der Waals surface area contributed by atoms with Crippen LogP contribution >= 0.6 is 24.0 Å². The van der Waals surface area contributed by atoms with E-state index < -0.39 is 5.25 Å². The Morgan fingerprint density at radius 2 is 2.15 bits per heavy atom. The van der Waals surface area contributed by atoms with E-state index in [1.807, 2.05) is 6.92 Å². The second-order valence-corrected chi connectivity index (χ2v) is 5.97. The van der Waals surface area contributed by atoms with Crippen LogP contribution < -0.4 is 15.4 Å². The van der Waals surface area contributed by atoms with Crippen molar-refractivity contribution in [1.29, 1.82) is 0 Å². The second-order valence-electron chi connectivity index (χ2n) is 4.09. The summed E-state index contributed by atoms with van der Waals surface area (Å²) in [4.78, 5) is 23.3. The Morgan fingerprint density at radius 1 is 1.45 bits per heavy atom. The van der Waals surface area contributed by atoms with Gasteiger partial charge in [-0.25, -0.2) is 0 Å². The van der Waals surface area contributed by atoms with Gasteiger partial charge >= 0.3 is 0 Å². The predicted octanol–water partition coefficient (Wildman–Crippen LogP) is 1.93. The molecule has 0 bridgehead atoms. The van der Waals surface area contributed by atoms with Crippen molar-refractivity contribution in [3.05, 3.63) is 24.3 Å². The number of thiocarbonyl (C=S) groups is 1. The Bertz CT molecular complexity index is 531. The standard InChI is InChI=1S/C13H14N2O3S2/c1-2-18-9-5-3-8(4-6-9)14-11(16)7-10-12(17)15-13(19)20-10/h3-6,10H,2,7H2,1H3,(H,14,16)(H,15,17,19). The normalized spacial score (nSPS) is 17.8. The molecule has 1 atom stereocenters. The fraction of sp³-hybridized carbons (Fsp3) is 0.308. The summed E-state index contributed by atoms with van der Waals surface area (Å²) in [5.74, 6) is 0.329. The van der Waals surface area contributed by atoms with E-state index in [2.05, 4.69) is 10.6 Å². The van der Waals surface area contributed by atoms with Gasteiger partial charge in [0.1, 0.15) is 10.1 Å². The Morgan fingerprint density at radius 3 is 2.70 bits per heavy atom. The van der Waals surface area contributed by atoms with Crippen molar-refractivity contribution in [2.24, 2.45) is 0 Å². The molecule has 1 aliphatic rings. The van der Waals surface area contributed by atoms with Crippen molar-refractivity contribution in [2.45, 2.75) is 18.6 Å². The Hall–Kier alpha value is -1.60. The van der Waals surface area contributed by atoms with Crippen molar-refractivity contribution in [3.8, 4) is 5.75 Å². The molecule has 1 saturated heterocycles. The maximum Gasteiger partial charge on any atom is 0.239 e. The van der Waals surface area contributed by atoms with Crippen LogP contribution in [0.2, 0.25) is 0 Å². The van der Waals surface area contributed by atoms with Crippen LogP contribution in [-0.2, 0) is 9.59 Å². The first-order valence-corrected chi connectivity index (χ1v) is 7.41. The molecule has 1 heterocycles. The highest BCUT2D eigenvalue weighted by atomic mass is 32.2. The molecule has 1 aliphatic heterocycles. The van der Waals surface area contributed by atoms with Gasteiger partial charge in [-0.05, 0) is 31.2 Å². The van der Waals surface area contributed by atoms with Crippen LogP contribution in [0.4, 0.5) is 5.69 Å². The van der Waals surface area contributed by atoms with Gasteiger partial charge in [0, 0.05) is 12.1 Å². The number of hydrogen-bond acceptors (Lipinski definition) is 5. The van der Waals surface area contributed by atoms with E-state index in [0.29, 0.717) is 16.6 Å². The second kappa shape index (κ2) is 6.71. The van der Waals surface area contributed by atoms with Crippen molar-refractivity contribution in [1.82, 2.24) is 5.32 Å². The summed E-state index contributed by atoms with van der Waals surface area (Å²) in [5.41, 5.74) is 0.671. The number of anilines is 1. The average Bonchev–Trinajstić information content (AvgIpc) is 2.70. The number of hydrogen-bond donors (Lipinski definition) is 2. The minimum Gasteiger partial charge on any atom is -0.494 e. The lowest BCUT2D eigenvalue weighted by atomic mass is 10.2. The van der Waals surface area contributed by atoms with E-state index in [4.69, 9.17) is 17.0 Å². The van der Waals surface area contributed by atoms with Gasteiger partial charge in [0.2, 0.25) is 11.8 Å². The smallest absolute Gasteiger partial charge is 0.239 e. The molecular formula is C13H14N2O3S2.